The summed E-state index contributed by atoms with van der Waals surface area (Å²) < 4.78 is 5.08. The first kappa shape index (κ1) is 21.3. The Hall–Kier alpha value is -4.46. The fourth-order valence-electron chi connectivity index (χ4n) is 2.68. The maximum absolute atomic E-state index is 12.3. The van der Waals surface area contributed by atoms with E-state index in [2.05, 4.69) is 10.6 Å². The standard InChI is InChI=1S/C23H19N3O5/c1-31-21-12-10-19(11-13-21)25-23(28)17-6-8-18(9-7-17)24-22(27)14-5-16-3-2-4-20(15-16)26(29)30/h2-15H,1H3,(H,24,27)(H,25,28)/b14-5+. The zero-order valence-electron chi connectivity index (χ0n) is 16.6. The van der Waals surface area contributed by atoms with Gasteiger partial charge in [0, 0.05) is 35.1 Å². The lowest BCUT2D eigenvalue weighted by molar-refractivity contribution is -0.384. The van der Waals surface area contributed by atoms with Crippen molar-refractivity contribution in [1.82, 2.24) is 0 Å². The van der Waals surface area contributed by atoms with Crippen LogP contribution in [0.15, 0.2) is 78.9 Å². The number of hydrogen-bond donors (Lipinski definition) is 2. The number of benzene rings is 3. The van der Waals surface area contributed by atoms with E-state index in [1.54, 1.807) is 67.8 Å². The van der Waals surface area contributed by atoms with Crippen LogP contribution in [0.25, 0.3) is 6.08 Å². The largest absolute Gasteiger partial charge is 0.497 e. The van der Waals surface area contributed by atoms with Gasteiger partial charge in [-0.2, -0.15) is 0 Å². The smallest absolute Gasteiger partial charge is 0.270 e. The van der Waals surface area contributed by atoms with E-state index in [9.17, 15) is 19.7 Å². The minimum Gasteiger partial charge on any atom is -0.497 e. The van der Waals surface area contributed by atoms with Crippen molar-refractivity contribution in [3.8, 4) is 5.75 Å². The highest BCUT2D eigenvalue weighted by Crippen LogP contribution is 2.17. The van der Waals surface area contributed by atoms with Crippen LogP contribution in [-0.2, 0) is 4.79 Å². The van der Waals surface area contributed by atoms with Gasteiger partial charge in [0.1, 0.15) is 5.75 Å². The van der Waals surface area contributed by atoms with Gasteiger partial charge in [0.15, 0.2) is 0 Å². The third-order valence-electron chi connectivity index (χ3n) is 4.27. The summed E-state index contributed by atoms with van der Waals surface area (Å²) in [6, 6.07) is 19.3. The molecule has 0 spiro atoms. The van der Waals surface area contributed by atoms with Crippen molar-refractivity contribution in [3.63, 3.8) is 0 Å². The minimum atomic E-state index is -0.496. The Kier molecular flexibility index (Phi) is 6.74. The number of nitrogens with one attached hydrogen (secondary N) is 2. The van der Waals surface area contributed by atoms with E-state index < -0.39 is 10.8 Å². The van der Waals surface area contributed by atoms with Gasteiger partial charge < -0.3 is 15.4 Å². The van der Waals surface area contributed by atoms with Gasteiger partial charge >= 0.3 is 0 Å². The number of carbonyl (C=O) groups excluding carboxylic acids is 2. The van der Waals surface area contributed by atoms with Gasteiger partial charge in [-0.3, -0.25) is 19.7 Å². The quantitative estimate of drug-likeness (QED) is 0.334. The molecule has 0 bridgehead atoms. The van der Waals surface area contributed by atoms with Gasteiger partial charge in [-0.15, -0.1) is 0 Å². The van der Waals surface area contributed by atoms with Gasteiger partial charge in [-0.25, -0.2) is 0 Å². The van der Waals surface area contributed by atoms with Crippen molar-refractivity contribution in [1.29, 1.82) is 0 Å². The number of rotatable bonds is 7. The summed E-state index contributed by atoms with van der Waals surface area (Å²) in [5, 5.41) is 16.3. The van der Waals surface area contributed by atoms with E-state index in [1.807, 2.05) is 0 Å². The molecular formula is C23H19N3O5. The molecule has 0 aliphatic carbocycles. The summed E-state index contributed by atoms with van der Waals surface area (Å²) in [6.45, 7) is 0. The second-order valence-corrected chi connectivity index (χ2v) is 6.43. The number of nitro benzene ring substituents is 1. The monoisotopic (exact) mass is 417 g/mol. The third kappa shape index (κ3) is 6.01. The molecule has 0 unspecified atom stereocenters. The number of non-ortho nitro benzene ring substituents is 1. The van der Waals surface area contributed by atoms with Gasteiger partial charge in [-0.1, -0.05) is 12.1 Å². The maximum Gasteiger partial charge on any atom is 0.270 e. The maximum atomic E-state index is 12.3. The molecule has 2 amide bonds. The predicted molar refractivity (Wildman–Crippen MR) is 118 cm³/mol. The number of amides is 2. The lowest BCUT2D eigenvalue weighted by atomic mass is 10.1. The van der Waals surface area contributed by atoms with Crippen LogP contribution in [0.1, 0.15) is 15.9 Å². The van der Waals surface area contributed by atoms with Gasteiger partial charge in [-0.05, 0) is 60.2 Å². The zero-order valence-corrected chi connectivity index (χ0v) is 16.6. The first-order valence-corrected chi connectivity index (χ1v) is 9.23. The van der Waals surface area contributed by atoms with E-state index in [0.29, 0.717) is 28.3 Å². The van der Waals surface area contributed by atoms with Crippen molar-refractivity contribution in [2.45, 2.75) is 0 Å². The predicted octanol–water partition coefficient (Wildman–Crippen LogP) is 4.51. The second kappa shape index (κ2) is 9.84. The number of carbonyl (C=O) groups is 2. The first-order chi connectivity index (χ1) is 14.9. The van der Waals surface area contributed by atoms with Crippen LogP contribution >= 0.6 is 0 Å². The normalized spacial score (nSPS) is 10.5. The minimum absolute atomic E-state index is 0.0499. The van der Waals surface area contributed by atoms with E-state index in [0.717, 1.165) is 0 Å². The molecule has 3 aromatic rings. The fourth-order valence-corrected chi connectivity index (χ4v) is 2.68. The molecule has 8 nitrogen and oxygen atoms in total. The highest BCUT2D eigenvalue weighted by Gasteiger charge is 2.07. The summed E-state index contributed by atoms with van der Waals surface area (Å²) in [5.74, 6) is 0.00758. The number of anilines is 2. The number of methoxy groups -OCH3 is 1. The van der Waals surface area contributed by atoms with Crippen LogP contribution < -0.4 is 15.4 Å². The van der Waals surface area contributed by atoms with Crippen molar-refractivity contribution < 1.29 is 19.2 Å². The third-order valence-corrected chi connectivity index (χ3v) is 4.27. The molecule has 3 rings (SSSR count). The Morgan fingerprint density at radius 3 is 2.23 bits per heavy atom. The second-order valence-electron chi connectivity index (χ2n) is 6.43. The van der Waals surface area contributed by atoms with E-state index in [1.165, 1.54) is 24.3 Å². The van der Waals surface area contributed by atoms with E-state index >= 15 is 0 Å². The average molecular weight is 417 g/mol. The van der Waals surface area contributed by atoms with Crippen LogP contribution in [0.2, 0.25) is 0 Å². The lowest BCUT2D eigenvalue weighted by Gasteiger charge is -2.07. The molecule has 156 valence electrons. The first-order valence-electron chi connectivity index (χ1n) is 9.23. The molecular weight excluding hydrogens is 398 g/mol. The average Bonchev–Trinajstić information content (AvgIpc) is 2.79. The zero-order chi connectivity index (χ0) is 22.2. The molecule has 8 heteroatoms. The number of hydrogen-bond acceptors (Lipinski definition) is 5. The molecule has 0 atom stereocenters. The Morgan fingerprint density at radius 1 is 0.935 bits per heavy atom. The van der Waals surface area contributed by atoms with Crippen molar-refractivity contribution >= 4 is 35.0 Å². The summed E-state index contributed by atoms with van der Waals surface area (Å²) >= 11 is 0. The molecule has 0 fully saturated rings. The Balaban J connectivity index is 1.58. The van der Waals surface area contributed by atoms with Crippen molar-refractivity contribution in [3.05, 3.63) is 100 Å². The molecule has 3 aromatic carbocycles. The summed E-state index contributed by atoms with van der Waals surface area (Å²) in [7, 11) is 1.57. The van der Waals surface area contributed by atoms with Gasteiger partial charge in [0.25, 0.3) is 11.6 Å². The number of ether oxygens (including phenoxy) is 1. The molecule has 0 saturated heterocycles. The van der Waals surface area contributed by atoms with Crippen molar-refractivity contribution in [2.75, 3.05) is 17.7 Å². The molecule has 0 aliphatic rings. The Bertz CT molecular complexity index is 1120. The molecule has 0 aliphatic heterocycles. The number of nitro groups is 1. The highest BCUT2D eigenvalue weighted by atomic mass is 16.6. The molecule has 2 N–H and O–H groups in total. The molecule has 31 heavy (non-hydrogen) atoms. The van der Waals surface area contributed by atoms with Crippen LogP contribution in [-0.4, -0.2) is 23.8 Å². The molecule has 0 aromatic heterocycles. The van der Waals surface area contributed by atoms with Gasteiger partial charge in [0.2, 0.25) is 5.91 Å². The van der Waals surface area contributed by atoms with Crippen LogP contribution in [0, 0.1) is 10.1 Å². The summed E-state index contributed by atoms with van der Waals surface area (Å²) in [6.07, 6.45) is 2.77. The summed E-state index contributed by atoms with van der Waals surface area (Å²) in [4.78, 5) is 34.8. The Morgan fingerprint density at radius 2 is 1.58 bits per heavy atom. The lowest BCUT2D eigenvalue weighted by Crippen LogP contribution is -2.12. The van der Waals surface area contributed by atoms with Crippen LogP contribution in [0.3, 0.4) is 0 Å². The van der Waals surface area contributed by atoms with Crippen LogP contribution in [0.4, 0.5) is 17.1 Å². The number of nitrogens with zero attached hydrogens (tertiary/aromatic N) is 1. The Labute approximate surface area is 178 Å². The van der Waals surface area contributed by atoms with E-state index in [4.69, 9.17) is 4.74 Å². The van der Waals surface area contributed by atoms with Crippen LogP contribution in [0.5, 0.6) is 5.75 Å². The molecule has 0 saturated carbocycles. The topological polar surface area (TPSA) is 111 Å². The summed E-state index contributed by atoms with van der Waals surface area (Å²) in [5.41, 5.74) is 2.06. The van der Waals surface area contributed by atoms with Crippen molar-refractivity contribution in [2.24, 2.45) is 0 Å². The SMILES string of the molecule is COc1ccc(NC(=O)c2ccc(NC(=O)/C=C/c3cccc([N+](=O)[O-])c3)cc2)cc1. The molecule has 0 radical (unpaired) electrons. The van der Waals surface area contributed by atoms with Gasteiger partial charge in [0.05, 0.1) is 12.0 Å². The molecule has 0 heterocycles. The fraction of sp³-hybridized carbons (Fsp3) is 0.0435. The van der Waals surface area contributed by atoms with E-state index in [-0.39, 0.29) is 11.6 Å². The highest BCUT2D eigenvalue weighted by molar-refractivity contribution is 6.05.